The Morgan fingerprint density at radius 1 is 1.26 bits per heavy atom. The first kappa shape index (κ1) is 16.6. The van der Waals surface area contributed by atoms with E-state index in [2.05, 4.69) is 22.5 Å². The summed E-state index contributed by atoms with van der Waals surface area (Å²) in [4.78, 5) is 14.9. The van der Waals surface area contributed by atoms with Crippen molar-refractivity contribution in [1.29, 1.82) is 0 Å². The summed E-state index contributed by atoms with van der Waals surface area (Å²) >= 11 is 6.09. The summed E-state index contributed by atoms with van der Waals surface area (Å²) in [6.45, 7) is 3.44. The highest BCUT2D eigenvalue weighted by Gasteiger charge is 2.38. The van der Waals surface area contributed by atoms with Gasteiger partial charge in [0.15, 0.2) is 0 Å². The first-order valence-corrected chi connectivity index (χ1v) is 9.13. The number of carbonyl (C=O) groups excluding carboxylic acids is 1. The molecule has 0 saturated carbocycles. The Balaban J connectivity index is 1.57. The summed E-state index contributed by atoms with van der Waals surface area (Å²) in [6.07, 6.45) is 7.19. The third-order valence-corrected chi connectivity index (χ3v) is 5.39. The molecule has 126 valence electrons. The molecule has 0 spiro atoms. The van der Waals surface area contributed by atoms with Gasteiger partial charge in [0.1, 0.15) is 0 Å². The zero-order chi connectivity index (χ0) is 16.2. The molecule has 2 amide bonds. The highest BCUT2D eigenvalue weighted by atomic mass is 35.5. The van der Waals surface area contributed by atoms with Crippen LogP contribution in [0.3, 0.4) is 0 Å². The predicted octanol–water partition coefficient (Wildman–Crippen LogP) is 4.26. The molecule has 0 aliphatic carbocycles. The number of nitrogens with one attached hydrogen (secondary N) is 2. The van der Waals surface area contributed by atoms with Crippen molar-refractivity contribution in [3.05, 3.63) is 29.3 Å². The third kappa shape index (κ3) is 3.99. The molecule has 1 aromatic rings. The van der Waals surface area contributed by atoms with Crippen molar-refractivity contribution in [1.82, 2.24) is 10.2 Å². The van der Waals surface area contributed by atoms with E-state index < -0.39 is 0 Å². The Labute approximate surface area is 143 Å². The summed E-state index contributed by atoms with van der Waals surface area (Å²) in [6, 6.07) is 8.71. The van der Waals surface area contributed by atoms with E-state index in [1.165, 1.54) is 32.2 Å². The number of fused-ring (bicyclic) bond motifs is 2. The van der Waals surface area contributed by atoms with Gasteiger partial charge in [0.25, 0.3) is 0 Å². The smallest absolute Gasteiger partial charge is 0.319 e. The fraction of sp³-hybridized carbons (Fsp3) is 0.611. The van der Waals surface area contributed by atoms with Crippen molar-refractivity contribution < 1.29 is 4.79 Å². The van der Waals surface area contributed by atoms with E-state index in [4.69, 9.17) is 11.6 Å². The topological polar surface area (TPSA) is 44.4 Å². The van der Waals surface area contributed by atoms with Gasteiger partial charge in [0.05, 0.1) is 10.7 Å². The lowest BCUT2D eigenvalue weighted by Gasteiger charge is -2.49. The maximum atomic E-state index is 12.3. The zero-order valence-electron chi connectivity index (χ0n) is 13.7. The molecule has 2 N–H and O–H groups in total. The van der Waals surface area contributed by atoms with Gasteiger partial charge in [-0.3, -0.25) is 4.90 Å². The molecule has 2 atom stereocenters. The molecule has 2 aliphatic heterocycles. The molecule has 0 aromatic heterocycles. The molecule has 0 unspecified atom stereocenters. The molecular formula is C18H26ClN3O. The second-order valence-corrected chi connectivity index (χ2v) is 7.13. The Bertz CT molecular complexity index is 537. The van der Waals surface area contributed by atoms with Gasteiger partial charge in [-0.15, -0.1) is 0 Å². The number of nitrogens with zero attached hydrogens (tertiary/aromatic N) is 1. The lowest BCUT2D eigenvalue weighted by atomic mass is 9.81. The molecular weight excluding hydrogens is 310 g/mol. The van der Waals surface area contributed by atoms with E-state index in [-0.39, 0.29) is 12.1 Å². The van der Waals surface area contributed by atoms with Crippen LogP contribution in [0.4, 0.5) is 10.5 Å². The molecule has 23 heavy (non-hydrogen) atoms. The number of hydrogen-bond acceptors (Lipinski definition) is 2. The molecule has 5 heteroatoms. The molecule has 3 rings (SSSR count). The van der Waals surface area contributed by atoms with Crippen LogP contribution >= 0.6 is 11.6 Å². The first-order valence-electron chi connectivity index (χ1n) is 8.75. The van der Waals surface area contributed by atoms with Crippen LogP contribution in [0, 0.1) is 0 Å². The average Bonchev–Trinajstić information content (AvgIpc) is 2.50. The number of anilines is 1. The molecule has 1 aromatic carbocycles. The predicted molar refractivity (Wildman–Crippen MR) is 95.1 cm³/mol. The van der Waals surface area contributed by atoms with Crippen LogP contribution in [0.25, 0.3) is 0 Å². The van der Waals surface area contributed by atoms with Crippen LogP contribution < -0.4 is 10.6 Å². The van der Waals surface area contributed by atoms with E-state index in [1.54, 1.807) is 6.07 Å². The van der Waals surface area contributed by atoms with Gasteiger partial charge in [-0.1, -0.05) is 37.1 Å². The highest BCUT2D eigenvalue weighted by Crippen LogP contribution is 2.34. The second kappa shape index (κ2) is 7.54. The van der Waals surface area contributed by atoms with Gasteiger partial charge >= 0.3 is 6.03 Å². The van der Waals surface area contributed by atoms with Gasteiger partial charge in [0, 0.05) is 18.1 Å². The first-order chi connectivity index (χ1) is 11.2. The van der Waals surface area contributed by atoms with Gasteiger partial charge in [0.2, 0.25) is 0 Å². The van der Waals surface area contributed by atoms with Gasteiger partial charge in [-0.25, -0.2) is 4.79 Å². The van der Waals surface area contributed by atoms with E-state index in [1.807, 2.05) is 18.2 Å². The number of urea groups is 1. The van der Waals surface area contributed by atoms with Crippen LogP contribution in [0.1, 0.15) is 45.4 Å². The lowest BCUT2D eigenvalue weighted by molar-refractivity contribution is 0.0272. The zero-order valence-corrected chi connectivity index (χ0v) is 14.5. The van der Waals surface area contributed by atoms with Crippen LogP contribution in [0.2, 0.25) is 5.02 Å². The lowest BCUT2D eigenvalue weighted by Crippen LogP contribution is -2.57. The van der Waals surface area contributed by atoms with Crippen molar-refractivity contribution in [2.45, 2.75) is 63.6 Å². The SMILES string of the molecule is CCCN1[C@@H]2CCC[C@@H]1CC(NC(=O)Nc1ccccc1Cl)C2. The maximum Gasteiger partial charge on any atom is 0.319 e. The minimum absolute atomic E-state index is 0.148. The molecule has 2 bridgehead atoms. The largest absolute Gasteiger partial charge is 0.335 e. The Morgan fingerprint density at radius 2 is 1.96 bits per heavy atom. The Kier molecular flexibility index (Phi) is 5.44. The summed E-state index contributed by atoms with van der Waals surface area (Å²) in [7, 11) is 0. The summed E-state index contributed by atoms with van der Waals surface area (Å²) in [5.74, 6) is 0. The summed E-state index contributed by atoms with van der Waals surface area (Å²) < 4.78 is 0. The quantitative estimate of drug-likeness (QED) is 0.863. The normalized spacial score (nSPS) is 27.5. The number of rotatable bonds is 4. The number of halogens is 1. The fourth-order valence-electron chi connectivity index (χ4n) is 4.13. The van der Waals surface area contributed by atoms with Crippen molar-refractivity contribution in [2.24, 2.45) is 0 Å². The number of carbonyl (C=O) groups is 1. The standard InChI is InChI=1S/C18H26ClN3O/c1-2-10-22-14-6-5-7-15(22)12-13(11-14)20-18(23)21-17-9-4-3-8-16(17)19/h3-4,8-9,13-15H,2,5-7,10-12H2,1H3,(H2,20,21,23)/t14-,15-/m1/s1. The van der Waals surface area contributed by atoms with E-state index in [9.17, 15) is 4.79 Å². The van der Waals surface area contributed by atoms with Crippen molar-refractivity contribution in [3.8, 4) is 0 Å². The van der Waals surface area contributed by atoms with Crippen LogP contribution in [0.5, 0.6) is 0 Å². The van der Waals surface area contributed by atoms with E-state index >= 15 is 0 Å². The second-order valence-electron chi connectivity index (χ2n) is 6.72. The fourth-order valence-corrected chi connectivity index (χ4v) is 4.31. The molecule has 2 aliphatic rings. The third-order valence-electron chi connectivity index (χ3n) is 5.06. The minimum Gasteiger partial charge on any atom is -0.335 e. The number of para-hydroxylation sites is 1. The van der Waals surface area contributed by atoms with Gasteiger partial charge < -0.3 is 10.6 Å². The van der Waals surface area contributed by atoms with Crippen molar-refractivity contribution >= 4 is 23.3 Å². The summed E-state index contributed by atoms with van der Waals surface area (Å²) in [5.41, 5.74) is 0.662. The number of amides is 2. The van der Waals surface area contributed by atoms with Crippen molar-refractivity contribution in [3.63, 3.8) is 0 Å². The molecule has 2 heterocycles. The Hall–Kier alpha value is -1.26. The molecule has 2 saturated heterocycles. The van der Waals surface area contributed by atoms with Gasteiger partial charge in [-0.05, 0) is 50.8 Å². The molecule has 4 nitrogen and oxygen atoms in total. The summed E-state index contributed by atoms with van der Waals surface area (Å²) in [5, 5.41) is 6.58. The van der Waals surface area contributed by atoms with Crippen LogP contribution in [-0.2, 0) is 0 Å². The van der Waals surface area contributed by atoms with E-state index in [0.29, 0.717) is 22.8 Å². The molecule has 0 radical (unpaired) electrons. The van der Waals surface area contributed by atoms with Crippen molar-refractivity contribution in [2.75, 3.05) is 11.9 Å². The minimum atomic E-state index is -0.148. The Morgan fingerprint density at radius 3 is 2.61 bits per heavy atom. The number of piperidine rings is 2. The maximum absolute atomic E-state index is 12.3. The van der Waals surface area contributed by atoms with Gasteiger partial charge in [-0.2, -0.15) is 0 Å². The molecule has 2 fully saturated rings. The monoisotopic (exact) mass is 335 g/mol. The highest BCUT2D eigenvalue weighted by molar-refractivity contribution is 6.33. The number of hydrogen-bond donors (Lipinski definition) is 2. The van der Waals surface area contributed by atoms with Crippen LogP contribution in [-0.4, -0.2) is 35.6 Å². The number of benzene rings is 1. The van der Waals surface area contributed by atoms with Crippen LogP contribution in [0.15, 0.2) is 24.3 Å². The van der Waals surface area contributed by atoms with E-state index in [0.717, 1.165) is 12.8 Å². The average molecular weight is 336 g/mol.